The second-order valence-electron chi connectivity index (χ2n) is 7.49. The van der Waals surface area contributed by atoms with Gasteiger partial charge in [0.05, 0.1) is 54.4 Å². The van der Waals surface area contributed by atoms with Crippen LogP contribution in [0.25, 0.3) is 10.9 Å². The Kier molecular flexibility index (Phi) is 5.10. The van der Waals surface area contributed by atoms with Crippen molar-refractivity contribution in [2.75, 3.05) is 25.8 Å². The van der Waals surface area contributed by atoms with Crippen molar-refractivity contribution in [2.45, 2.75) is 23.9 Å². The first kappa shape index (κ1) is 20.5. The molecule has 0 atom stereocenters. The van der Waals surface area contributed by atoms with E-state index in [2.05, 4.69) is 20.3 Å². The summed E-state index contributed by atoms with van der Waals surface area (Å²) in [5, 5.41) is 4.28. The lowest BCUT2D eigenvalue weighted by Crippen LogP contribution is -2.59. The lowest BCUT2D eigenvalue weighted by Gasteiger charge is -2.38. The molecule has 2 N–H and O–H groups in total. The Morgan fingerprint density at radius 3 is 2.70 bits per heavy atom. The number of sulfonamides is 1. The summed E-state index contributed by atoms with van der Waals surface area (Å²) < 4.78 is 36.3. The maximum atomic E-state index is 13.2. The van der Waals surface area contributed by atoms with Gasteiger partial charge in [0.2, 0.25) is 16.0 Å². The van der Waals surface area contributed by atoms with Gasteiger partial charge in [-0.25, -0.2) is 23.6 Å². The van der Waals surface area contributed by atoms with Crippen LogP contribution in [0.4, 0.5) is 5.95 Å². The molecule has 1 aromatic carbocycles. The third kappa shape index (κ3) is 3.81. The van der Waals surface area contributed by atoms with Crippen LogP contribution in [0, 0.1) is 0 Å². The van der Waals surface area contributed by atoms with Gasteiger partial charge in [0, 0.05) is 18.8 Å². The van der Waals surface area contributed by atoms with Gasteiger partial charge in [0.15, 0.2) is 0 Å². The number of nitrogens with one attached hydrogen (secondary N) is 2. The highest BCUT2D eigenvalue weighted by Gasteiger charge is 2.37. The first-order valence-electron chi connectivity index (χ1n) is 9.14. The molecule has 0 unspecified atom stereocenters. The number of ether oxygens (including phenoxy) is 1. The van der Waals surface area contributed by atoms with E-state index >= 15 is 0 Å². The minimum atomic E-state index is -3.84. The number of hydrogen-bond donors (Lipinski definition) is 2. The molecule has 2 aromatic heterocycles. The molecule has 4 rings (SSSR count). The summed E-state index contributed by atoms with van der Waals surface area (Å²) in [6.07, 6.45) is 3.42. The van der Waals surface area contributed by atoms with Crippen molar-refractivity contribution in [3.8, 4) is 0 Å². The SMILES string of the molecule is CONc1nc2ccc(S(=O)(=O)NC3(C)COC3)cc2c(=O)n1Cc1cnn(C)c1. The maximum Gasteiger partial charge on any atom is 0.263 e. The number of benzene rings is 1. The number of hydrogen-bond acceptors (Lipinski definition) is 8. The minimum Gasteiger partial charge on any atom is -0.377 e. The Balaban J connectivity index is 1.80. The van der Waals surface area contributed by atoms with Gasteiger partial charge in [-0.05, 0) is 25.1 Å². The molecule has 1 aliphatic heterocycles. The standard InChI is InChI=1S/C18H22N6O5S/c1-18(10-29-11-18)22-30(26,27)13-4-5-15-14(6-13)16(25)24(17(20-15)21-28-3)9-12-7-19-23(2)8-12/h4-8,22H,9-11H2,1-3H3,(H,20,21). The molecule has 12 heteroatoms. The van der Waals surface area contributed by atoms with E-state index in [1.807, 2.05) is 0 Å². The van der Waals surface area contributed by atoms with E-state index in [9.17, 15) is 13.2 Å². The Hall–Kier alpha value is -2.80. The maximum absolute atomic E-state index is 13.2. The lowest BCUT2D eigenvalue weighted by molar-refractivity contribution is -0.0523. The lowest BCUT2D eigenvalue weighted by atomic mass is 10.0. The molecule has 3 aromatic rings. The molecule has 0 saturated carbocycles. The smallest absolute Gasteiger partial charge is 0.263 e. The van der Waals surface area contributed by atoms with Gasteiger partial charge in [0.25, 0.3) is 5.56 Å². The predicted molar refractivity (Wildman–Crippen MR) is 108 cm³/mol. The van der Waals surface area contributed by atoms with Crippen LogP contribution < -0.4 is 15.8 Å². The summed E-state index contributed by atoms with van der Waals surface area (Å²) in [6, 6.07) is 4.26. The molecule has 0 aliphatic carbocycles. The molecule has 0 amide bonds. The predicted octanol–water partition coefficient (Wildman–Crippen LogP) is 0.219. The van der Waals surface area contributed by atoms with Crippen LogP contribution in [0.15, 0.2) is 40.3 Å². The third-order valence-electron chi connectivity index (χ3n) is 4.75. The van der Waals surface area contributed by atoms with Gasteiger partial charge in [-0.3, -0.25) is 18.9 Å². The second-order valence-corrected chi connectivity index (χ2v) is 9.18. The second kappa shape index (κ2) is 7.47. The number of anilines is 1. The zero-order valence-electron chi connectivity index (χ0n) is 16.7. The van der Waals surface area contributed by atoms with Crippen LogP contribution in [-0.2, 0) is 33.2 Å². The molecule has 0 bridgehead atoms. The third-order valence-corrected chi connectivity index (χ3v) is 6.39. The molecule has 3 heterocycles. The number of aromatic nitrogens is 4. The summed E-state index contributed by atoms with van der Waals surface area (Å²) in [5.41, 5.74) is 2.68. The van der Waals surface area contributed by atoms with Gasteiger partial charge < -0.3 is 4.74 Å². The number of nitrogens with zero attached hydrogens (tertiary/aromatic N) is 4. The molecule has 1 aliphatic rings. The summed E-state index contributed by atoms with van der Waals surface area (Å²) in [4.78, 5) is 22.6. The van der Waals surface area contributed by atoms with Gasteiger partial charge >= 0.3 is 0 Å². The Morgan fingerprint density at radius 2 is 2.10 bits per heavy atom. The van der Waals surface area contributed by atoms with Crippen LogP contribution in [0.3, 0.4) is 0 Å². The van der Waals surface area contributed by atoms with Crippen LogP contribution in [0.5, 0.6) is 0 Å². The quantitative estimate of drug-likeness (QED) is 0.505. The average molecular weight is 434 g/mol. The molecule has 0 spiro atoms. The summed E-state index contributed by atoms with van der Waals surface area (Å²) in [7, 11) is -0.647. The fourth-order valence-corrected chi connectivity index (χ4v) is 4.67. The monoisotopic (exact) mass is 434 g/mol. The van der Waals surface area contributed by atoms with Crippen molar-refractivity contribution in [3.63, 3.8) is 0 Å². The van der Waals surface area contributed by atoms with Crippen LogP contribution in [0.1, 0.15) is 12.5 Å². The first-order valence-corrected chi connectivity index (χ1v) is 10.6. The first-order chi connectivity index (χ1) is 14.2. The zero-order valence-corrected chi connectivity index (χ0v) is 17.6. The topological polar surface area (TPSA) is 129 Å². The number of aryl methyl sites for hydroxylation is 1. The summed E-state index contributed by atoms with van der Waals surface area (Å²) in [6.45, 7) is 2.54. The molecule has 1 fully saturated rings. The van der Waals surface area contributed by atoms with E-state index < -0.39 is 21.1 Å². The Labute approximate surface area is 172 Å². The van der Waals surface area contributed by atoms with Gasteiger partial charge in [-0.1, -0.05) is 0 Å². The number of fused-ring (bicyclic) bond motifs is 1. The average Bonchev–Trinajstić information content (AvgIpc) is 3.08. The van der Waals surface area contributed by atoms with Crippen molar-refractivity contribution in [1.82, 2.24) is 24.1 Å². The van der Waals surface area contributed by atoms with Gasteiger partial charge in [-0.2, -0.15) is 5.10 Å². The zero-order chi connectivity index (χ0) is 21.5. The van der Waals surface area contributed by atoms with E-state index in [-0.39, 0.29) is 22.8 Å². The molecule has 1 saturated heterocycles. The van der Waals surface area contributed by atoms with E-state index in [0.29, 0.717) is 18.7 Å². The van der Waals surface area contributed by atoms with E-state index in [0.717, 1.165) is 5.56 Å². The summed E-state index contributed by atoms with van der Waals surface area (Å²) in [5.74, 6) is 0.201. The van der Waals surface area contributed by atoms with Crippen molar-refractivity contribution < 1.29 is 18.0 Å². The van der Waals surface area contributed by atoms with Crippen molar-refractivity contribution >= 4 is 26.9 Å². The number of rotatable bonds is 7. The molecule has 11 nitrogen and oxygen atoms in total. The fraction of sp³-hybridized carbons (Fsp3) is 0.389. The Bertz CT molecular complexity index is 1260. The van der Waals surface area contributed by atoms with Crippen molar-refractivity contribution in [2.24, 2.45) is 7.05 Å². The molecule has 160 valence electrons. The largest absolute Gasteiger partial charge is 0.377 e. The molecular formula is C18H22N6O5S. The van der Waals surface area contributed by atoms with E-state index in [4.69, 9.17) is 9.57 Å². The van der Waals surface area contributed by atoms with Gasteiger partial charge in [-0.15, -0.1) is 0 Å². The van der Waals surface area contributed by atoms with Crippen molar-refractivity contribution in [1.29, 1.82) is 0 Å². The van der Waals surface area contributed by atoms with Crippen molar-refractivity contribution in [3.05, 3.63) is 46.5 Å². The molecule has 0 radical (unpaired) electrons. The summed E-state index contributed by atoms with van der Waals surface area (Å²) >= 11 is 0. The van der Waals surface area contributed by atoms with Crippen LogP contribution in [0.2, 0.25) is 0 Å². The minimum absolute atomic E-state index is 0.0117. The highest BCUT2D eigenvalue weighted by atomic mass is 32.2. The fourth-order valence-electron chi connectivity index (χ4n) is 3.27. The molecule has 30 heavy (non-hydrogen) atoms. The van der Waals surface area contributed by atoms with Crippen LogP contribution >= 0.6 is 0 Å². The normalized spacial score (nSPS) is 15.8. The highest BCUT2D eigenvalue weighted by molar-refractivity contribution is 7.89. The van der Waals surface area contributed by atoms with Crippen LogP contribution in [-0.4, -0.2) is 53.6 Å². The molecular weight excluding hydrogens is 412 g/mol. The highest BCUT2D eigenvalue weighted by Crippen LogP contribution is 2.22. The van der Waals surface area contributed by atoms with Gasteiger partial charge in [0.1, 0.15) is 0 Å². The Morgan fingerprint density at radius 1 is 1.33 bits per heavy atom. The van der Waals surface area contributed by atoms with E-state index in [1.165, 1.54) is 29.9 Å². The van der Waals surface area contributed by atoms with E-state index in [1.54, 1.807) is 31.0 Å².